The first-order valence-corrected chi connectivity index (χ1v) is 11.4. The van der Waals surface area contributed by atoms with E-state index in [0.29, 0.717) is 25.4 Å². The van der Waals surface area contributed by atoms with Crippen molar-refractivity contribution in [2.45, 2.75) is 75.0 Å². The summed E-state index contributed by atoms with van der Waals surface area (Å²) in [5, 5.41) is 1.54. The van der Waals surface area contributed by atoms with Gasteiger partial charge in [-0.3, -0.25) is 0 Å². The molecule has 3 N–H and O–H groups in total. The van der Waals surface area contributed by atoms with Gasteiger partial charge in [0.25, 0.3) is 0 Å². The third-order valence-electron chi connectivity index (χ3n) is 4.98. The summed E-state index contributed by atoms with van der Waals surface area (Å²) < 4.78 is 54.4. The van der Waals surface area contributed by atoms with Crippen molar-refractivity contribution in [2.75, 3.05) is 6.54 Å². The van der Waals surface area contributed by atoms with Gasteiger partial charge in [0, 0.05) is 24.7 Å². The summed E-state index contributed by atoms with van der Waals surface area (Å²) in [7, 11) is -3.73. The standard InChI is InChI=1S/C20H31F2N2O2S/c1-3-5-18(6-4-2)27(25,26)20(14-11-15(21)13-16(22)12-14)19(23)9-10-24-17-7-8-17/h9,11-13,17-20,24H,3-8,10,23H2,1-2H3/t19-,20?/m0/s1. The fourth-order valence-electron chi connectivity index (χ4n) is 3.48. The molecular formula is C20H31F2N2O2S. The Labute approximate surface area is 161 Å². The quantitative estimate of drug-likeness (QED) is 0.560. The Hall–Kier alpha value is -1.05. The molecule has 7 heteroatoms. The van der Waals surface area contributed by atoms with E-state index in [9.17, 15) is 17.2 Å². The van der Waals surface area contributed by atoms with E-state index in [1.165, 1.54) is 0 Å². The summed E-state index contributed by atoms with van der Waals surface area (Å²) in [6.07, 6.45) is 6.38. The number of sulfone groups is 1. The van der Waals surface area contributed by atoms with Crippen molar-refractivity contribution < 1.29 is 17.2 Å². The number of halogens is 2. The molecule has 1 saturated carbocycles. The Bertz CT molecular complexity index is 682. The number of nitrogens with one attached hydrogen (secondary N) is 1. The summed E-state index contributed by atoms with van der Waals surface area (Å²) >= 11 is 0. The first kappa shape index (κ1) is 22.2. The van der Waals surface area contributed by atoms with Gasteiger partial charge < -0.3 is 11.1 Å². The maximum atomic E-state index is 13.8. The number of nitrogens with two attached hydrogens (primary N) is 1. The van der Waals surface area contributed by atoms with Crippen LogP contribution in [0, 0.1) is 18.1 Å². The van der Waals surface area contributed by atoms with Crippen molar-refractivity contribution in [1.82, 2.24) is 5.32 Å². The summed E-state index contributed by atoms with van der Waals surface area (Å²) in [6.45, 7) is 4.34. The molecule has 1 fully saturated rings. The van der Waals surface area contributed by atoms with Crippen LogP contribution in [0.25, 0.3) is 0 Å². The summed E-state index contributed by atoms with van der Waals surface area (Å²) in [4.78, 5) is 0. The number of hydrogen-bond acceptors (Lipinski definition) is 4. The Balaban J connectivity index is 2.33. The largest absolute Gasteiger partial charge is 0.326 e. The zero-order valence-corrected chi connectivity index (χ0v) is 16.9. The molecule has 0 amide bonds. The Kier molecular flexibility index (Phi) is 8.19. The molecule has 1 unspecified atom stereocenters. The van der Waals surface area contributed by atoms with Crippen molar-refractivity contribution in [2.24, 2.45) is 5.73 Å². The van der Waals surface area contributed by atoms with E-state index >= 15 is 0 Å². The van der Waals surface area contributed by atoms with Gasteiger partial charge in [-0.2, -0.15) is 0 Å². The first-order valence-electron chi connectivity index (χ1n) is 9.80. The van der Waals surface area contributed by atoms with Crippen LogP contribution in [0.4, 0.5) is 8.78 Å². The lowest BCUT2D eigenvalue weighted by molar-refractivity contribution is 0.524. The molecule has 153 valence electrons. The lowest BCUT2D eigenvalue weighted by atomic mass is 10.0. The number of benzene rings is 1. The normalized spacial score (nSPS) is 17.3. The zero-order valence-electron chi connectivity index (χ0n) is 16.1. The van der Waals surface area contributed by atoms with Gasteiger partial charge in [0.15, 0.2) is 9.84 Å². The van der Waals surface area contributed by atoms with Crippen LogP contribution >= 0.6 is 0 Å². The molecule has 2 atom stereocenters. The number of rotatable bonds is 12. The molecule has 1 aromatic carbocycles. The highest BCUT2D eigenvalue weighted by Gasteiger charge is 2.38. The minimum Gasteiger partial charge on any atom is -0.326 e. The van der Waals surface area contributed by atoms with E-state index in [-0.39, 0.29) is 5.56 Å². The molecule has 0 spiro atoms. The van der Waals surface area contributed by atoms with E-state index in [2.05, 4.69) is 5.32 Å². The SMILES string of the molecule is CCCC(CCC)S(=O)(=O)C(c1cc(F)cc(F)c1)[C@@H](N)[CH]CNC1CC1. The van der Waals surface area contributed by atoms with Gasteiger partial charge in [0.1, 0.15) is 16.9 Å². The minimum absolute atomic E-state index is 0.0832. The second kappa shape index (κ2) is 9.94. The summed E-state index contributed by atoms with van der Waals surface area (Å²) in [5.74, 6) is -1.59. The molecule has 1 aliphatic rings. The van der Waals surface area contributed by atoms with Crippen LogP contribution in [0.15, 0.2) is 18.2 Å². The van der Waals surface area contributed by atoms with Crippen molar-refractivity contribution in [3.8, 4) is 0 Å². The van der Waals surface area contributed by atoms with E-state index in [4.69, 9.17) is 5.73 Å². The van der Waals surface area contributed by atoms with Crippen LogP contribution < -0.4 is 11.1 Å². The maximum absolute atomic E-state index is 13.8. The molecule has 27 heavy (non-hydrogen) atoms. The van der Waals surface area contributed by atoms with Gasteiger partial charge in [-0.15, -0.1) is 0 Å². The molecule has 0 bridgehead atoms. The zero-order chi connectivity index (χ0) is 20.0. The average Bonchev–Trinajstić information content (AvgIpc) is 3.38. The predicted octanol–water partition coefficient (Wildman–Crippen LogP) is 3.67. The highest BCUT2D eigenvalue weighted by atomic mass is 32.2. The maximum Gasteiger partial charge on any atom is 0.161 e. The van der Waals surface area contributed by atoms with Gasteiger partial charge in [-0.05, 0) is 49.8 Å². The smallest absolute Gasteiger partial charge is 0.161 e. The van der Waals surface area contributed by atoms with Crippen LogP contribution in [-0.2, 0) is 9.84 Å². The fourth-order valence-corrected chi connectivity index (χ4v) is 6.08. The molecule has 0 heterocycles. The monoisotopic (exact) mass is 401 g/mol. The van der Waals surface area contributed by atoms with Crippen molar-refractivity contribution >= 4 is 9.84 Å². The Morgan fingerprint density at radius 2 is 1.70 bits per heavy atom. The van der Waals surface area contributed by atoms with E-state index in [1.807, 2.05) is 13.8 Å². The summed E-state index contributed by atoms with van der Waals surface area (Å²) in [5.41, 5.74) is 6.34. The van der Waals surface area contributed by atoms with Crippen molar-refractivity contribution in [3.63, 3.8) is 0 Å². The average molecular weight is 402 g/mol. The van der Waals surface area contributed by atoms with Gasteiger partial charge in [0.2, 0.25) is 0 Å². The fraction of sp³-hybridized carbons (Fsp3) is 0.650. The third kappa shape index (κ3) is 6.22. The molecule has 2 rings (SSSR count). The molecule has 1 aliphatic carbocycles. The molecule has 0 aliphatic heterocycles. The van der Waals surface area contributed by atoms with Gasteiger partial charge in [0.05, 0.1) is 5.25 Å². The van der Waals surface area contributed by atoms with Crippen LogP contribution in [0.1, 0.15) is 63.2 Å². The van der Waals surface area contributed by atoms with E-state index in [0.717, 1.165) is 43.9 Å². The molecule has 4 nitrogen and oxygen atoms in total. The Morgan fingerprint density at radius 1 is 1.15 bits per heavy atom. The second-order valence-electron chi connectivity index (χ2n) is 7.41. The van der Waals surface area contributed by atoms with Gasteiger partial charge in [-0.25, -0.2) is 17.2 Å². The van der Waals surface area contributed by atoms with E-state index < -0.39 is 38.0 Å². The van der Waals surface area contributed by atoms with Crippen LogP contribution in [0.2, 0.25) is 0 Å². The summed E-state index contributed by atoms with van der Waals surface area (Å²) in [6, 6.07) is 2.53. The first-order chi connectivity index (χ1) is 12.8. The highest BCUT2D eigenvalue weighted by Crippen LogP contribution is 2.34. The highest BCUT2D eigenvalue weighted by molar-refractivity contribution is 7.92. The molecule has 0 aromatic heterocycles. The van der Waals surface area contributed by atoms with Crippen molar-refractivity contribution in [1.29, 1.82) is 0 Å². The van der Waals surface area contributed by atoms with E-state index in [1.54, 1.807) is 6.42 Å². The van der Waals surface area contributed by atoms with Gasteiger partial charge >= 0.3 is 0 Å². The van der Waals surface area contributed by atoms with Crippen molar-refractivity contribution in [3.05, 3.63) is 41.8 Å². The topological polar surface area (TPSA) is 72.2 Å². The number of hydrogen-bond donors (Lipinski definition) is 2. The second-order valence-corrected chi connectivity index (χ2v) is 9.76. The molecular weight excluding hydrogens is 370 g/mol. The van der Waals surface area contributed by atoms with Gasteiger partial charge in [-0.1, -0.05) is 26.7 Å². The molecule has 0 saturated heterocycles. The lowest BCUT2D eigenvalue weighted by Gasteiger charge is -2.29. The molecule has 1 aromatic rings. The van der Waals surface area contributed by atoms with Crippen LogP contribution in [-0.4, -0.2) is 32.3 Å². The third-order valence-corrected chi connectivity index (χ3v) is 7.67. The molecule has 1 radical (unpaired) electrons. The predicted molar refractivity (Wildman–Crippen MR) is 105 cm³/mol. The minimum atomic E-state index is -3.73. The lowest BCUT2D eigenvalue weighted by Crippen LogP contribution is -2.41. The Morgan fingerprint density at radius 3 is 2.19 bits per heavy atom. The van der Waals surface area contributed by atoms with Crippen LogP contribution in [0.3, 0.4) is 0 Å². The van der Waals surface area contributed by atoms with Crippen LogP contribution in [0.5, 0.6) is 0 Å².